The molecule has 3 rings (SSSR count). The average molecular weight is 474 g/mol. The first-order valence-electron chi connectivity index (χ1n) is 9.38. The second kappa shape index (κ2) is 9.83. The topological polar surface area (TPSA) is 92.4 Å². The van der Waals surface area contributed by atoms with Gasteiger partial charge in [0.15, 0.2) is 0 Å². The number of nitriles is 1. The van der Waals surface area contributed by atoms with Gasteiger partial charge in [-0.3, -0.25) is 4.79 Å². The minimum absolute atomic E-state index is 0.125. The van der Waals surface area contributed by atoms with Gasteiger partial charge in [-0.1, -0.05) is 42.1 Å². The molecule has 1 heterocycles. The molecule has 170 valence electrons. The quantitative estimate of drug-likeness (QED) is 0.447. The molecule has 0 saturated heterocycles. The molecule has 1 atom stereocenters. The summed E-state index contributed by atoms with van der Waals surface area (Å²) >= 11 is 0.563. The first-order valence-corrected chi connectivity index (χ1v) is 10.3. The Bertz CT molecular complexity index is 1210. The second-order valence-electron chi connectivity index (χ2n) is 6.66. The summed E-state index contributed by atoms with van der Waals surface area (Å²) in [6.45, 7) is 0. The number of halogens is 3. The third-order valence-corrected chi connectivity index (χ3v) is 5.87. The summed E-state index contributed by atoms with van der Waals surface area (Å²) in [6.07, 6.45) is -4.87. The van der Waals surface area contributed by atoms with Crippen LogP contribution in [0, 0.1) is 11.3 Å². The van der Waals surface area contributed by atoms with Gasteiger partial charge in [0.2, 0.25) is 0 Å². The van der Waals surface area contributed by atoms with E-state index in [1.807, 2.05) is 0 Å². The largest absolute Gasteiger partial charge is 0.497 e. The third kappa shape index (κ3) is 5.21. The molecule has 0 bridgehead atoms. The van der Waals surface area contributed by atoms with Crippen molar-refractivity contribution in [3.05, 3.63) is 71.3 Å². The van der Waals surface area contributed by atoms with Crippen LogP contribution in [0.3, 0.4) is 0 Å². The molecule has 33 heavy (non-hydrogen) atoms. The smallest absolute Gasteiger partial charge is 0.417 e. The number of rotatable bonds is 7. The summed E-state index contributed by atoms with van der Waals surface area (Å²) in [7, 11) is 2.78. The van der Waals surface area contributed by atoms with Crippen molar-refractivity contribution in [1.29, 1.82) is 5.26 Å². The highest BCUT2D eigenvalue weighted by Crippen LogP contribution is 2.43. The van der Waals surface area contributed by atoms with Crippen LogP contribution in [-0.2, 0) is 11.0 Å². The Labute approximate surface area is 191 Å². The van der Waals surface area contributed by atoms with Crippen LogP contribution in [0.5, 0.6) is 11.5 Å². The molecule has 2 aromatic carbocycles. The van der Waals surface area contributed by atoms with E-state index >= 15 is 0 Å². The van der Waals surface area contributed by atoms with Crippen LogP contribution < -0.4 is 9.47 Å². The molecule has 0 fully saturated rings. The number of pyridine rings is 1. The number of aromatic nitrogens is 1. The molecule has 0 amide bonds. The summed E-state index contributed by atoms with van der Waals surface area (Å²) in [5.41, 5.74) is -1.51. The van der Waals surface area contributed by atoms with E-state index in [1.54, 1.807) is 36.4 Å². The summed E-state index contributed by atoms with van der Waals surface area (Å²) in [6, 6.07) is 14.8. The fourth-order valence-electron chi connectivity index (χ4n) is 3.09. The van der Waals surface area contributed by atoms with Crippen LogP contribution in [0.15, 0.2) is 59.6 Å². The Hall–Kier alpha value is -3.71. The van der Waals surface area contributed by atoms with Gasteiger partial charge in [-0.2, -0.15) is 18.4 Å². The van der Waals surface area contributed by atoms with Gasteiger partial charge in [-0.15, -0.1) is 0 Å². The van der Waals surface area contributed by atoms with Gasteiger partial charge in [-0.25, -0.2) is 4.98 Å². The van der Waals surface area contributed by atoms with Gasteiger partial charge < -0.3 is 14.6 Å². The summed E-state index contributed by atoms with van der Waals surface area (Å²) in [5, 5.41) is 17.6. The summed E-state index contributed by atoms with van der Waals surface area (Å²) in [4.78, 5) is 16.2. The van der Waals surface area contributed by atoms with Gasteiger partial charge in [0.25, 0.3) is 0 Å². The van der Waals surface area contributed by atoms with Crippen LogP contribution in [0.2, 0.25) is 0 Å². The van der Waals surface area contributed by atoms with E-state index < -0.39 is 28.5 Å². The molecule has 0 unspecified atom stereocenters. The zero-order valence-electron chi connectivity index (χ0n) is 17.4. The molecular formula is C23H17F3N2O4S. The van der Waals surface area contributed by atoms with Crippen molar-refractivity contribution < 1.29 is 32.5 Å². The molecule has 0 saturated carbocycles. The van der Waals surface area contributed by atoms with E-state index in [9.17, 15) is 28.3 Å². The van der Waals surface area contributed by atoms with Gasteiger partial charge in [0, 0.05) is 11.6 Å². The number of carboxylic acid groups (broad SMARTS) is 1. The van der Waals surface area contributed by atoms with Crippen LogP contribution in [-0.4, -0.2) is 30.3 Å². The normalized spacial score (nSPS) is 12.0. The molecule has 6 nitrogen and oxygen atoms in total. The molecular weight excluding hydrogens is 457 g/mol. The van der Waals surface area contributed by atoms with Gasteiger partial charge in [-0.05, 0) is 23.8 Å². The van der Waals surface area contributed by atoms with E-state index in [-0.39, 0.29) is 22.0 Å². The standard InChI is InChI=1S/C23H17F3N2O4S/c1-31-14-8-9-15(19(10-14)32-2)18-11-17(23(24,25)26)16(12-27)21(28-18)33-20(22(29)30)13-6-4-3-5-7-13/h3-11,20H,1-2H3,(H,29,30)/t20-/m0/s1. The number of alkyl halides is 3. The van der Waals surface area contributed by atoms with Crippen LogP contribution >= 0.6 is 11.8 Å². The number of nitrogens with zero attached hydrogens (tertiary/aromatic N) is 2. The number of benzene rings is 2. The predicted octanol–water partition coefficient (Wildman–Crippen LogP) is 5.57. The highest BCUT2D eigenvalue weighted by atomic mass is 32.2. The molecule has 0 spiro atoms. The lowest BCUT2D eigenvalue weighted by molar-refractivity contribution is -0.138. The number of hydrogen-bond donors (Lipinski definition) is 1. The SMILES string of the molecule is COc1ccc(-c2cc(C(F)(F)F)c(C#N)c(S[C@H](C(=O)O)c3ccccc3)n2)c(OC)c1. The lowest BCUT2D eigenvalue weighted by Crippen LogP contribution is -2.13. The molecule has 0 aliphatic rings. The highest BCUT2D eigenvalue weighted by molar-refractivity contribution is 8.00. The maximum atomic E-state index is 13.9. The van der Waals surface area contributed by atoms with Crippen molar-refractivity contribution in [2.45, 2.75) is 16.5 Å². The molecule has 0 aliphatic heterocycles. The van der Waals surface area contributed by atoms with E-state index in [2.05, 4.69) is 4.98 Å². The van der Waals surface area contributed by atoms with Crippen molar-refractivity contribution in [2.24, 2.45) is 0 Å². The van der Waals surface area contributed by atoms with E-state index in [1.165, 1.54) is 32.4 Å². The second-order valence-corrected chi connectivity index (χ2v) is 7.75. The molecule has 3 aromatic rings. The molecule has 0 radical (unpaired) electrons. The van der Waals surface area contributed by atoms with E-state index in [0.29, 0.717) is 23.1 Å². The van der Waals surface area contributed by atoms with Crippen molar-refractivity contribution >= 4 is 17.7 Å². The average Bonchev–Trinajstić information content (AvgIpc) is 2.81. The number of ether oxygens (including phenoxy) is 2. The Morgan fingerprint density at radius 2 is 1.82 bits per heavy atom. The number of carboxylic acids is 1. The number of thioether (sulfide) groups is 1. The first-order chi connectivity index (χ1) is 15.7. The summed E-state index contributed by atoms with van der Waals surface area (Å²) < 4.78 is 52.0. The maximum Gasteiger partial charge on any atom is 0.417 e. The highest BCUT2D eigenvalue weighted by Gasteiger charge is 2.37. The third-order valence-electron chi connectivity index (χ3n) is 4.64. The Morgan fingerprint density at radius 1 is 1.12 bits per heavy atom. The van der Waals surface area contributed by atoms with Crippen molar-refractivity contribution in [3.8, 4) is 28.8 Å². The van der Waals surface area contributed by atoms with Crippen molar-refractivity contribution in [1.82, 2.24) is 4.98 Å². The minimum Gasteiger partial charge on any atom is -0.497 e. The molecule has 0 aliphatic carbocycles. The van der Waals surface area contributed by atoms with Crippen LogP contribution in [0.4, 0.5) is 13.2 Å². The fourth-order valence-corrected chi connectivity index (χ4v) is 4.13. The molecule has 1 aromatic heterocycles. The van der Waals surface area contributed by atoms with Crippen molar-refractivity contribution in [2.75, 3.05) is 14.2 Å². The number of carbonyl (C=O) groups is 1. The van der Waals surface area contributed by atoms with Gasteiger partial charge >= 0.3 is 12.1 Å². The number of hydrogen-bond acceptors (Lipinski definition) is 6. The first kappa shape index (κ1) is 23.9. The number of aliphatic carboxylic acids is 1. The lowest BCUT2D eigenvalue weighted by Gasteiger charge is -2.18. The van der Waals surface area contributed by atoms with E-state index in [0.717, 1.165) is 6.07 Å². The Kier molecular flexibility index (Phi) is 7.13. The van der Waals surface area contributed by atoms with E-state index in [4.69, 9.17) is 9.47 Å². The van der Waals surface area contributed by atoms with Crippen LogP contribution in [0.1, 0.15) is 21.9 Å². The minimum atomic E-state index is -4.87. The maximum absolute atomic E-state index is 13.9. The van der Waals surface area contributed by atoms with Crippen LogP contribution in [0.25, 0.3) is 11.3 Å². The zero-order valence-corrected chi connectivity index (χ0v) is 18.2. The summed E-state index contributed by atoms with van der Waals surface area (Å²) in [5.74, 6) is -0.656. The molecule has 10 heteroatoms. The van der Waals surface area contributed by atoms with Gasteiger partial charge in [0.05, 0.1) is 31.0 Å². The number of methoxy groups -OCH3 is 2. The zero-order chi connectivity index (χ0) is 24.2. The molecule has 1 N–H and O–H groups in total. The van der Waals surface area contributed by atoms with Gasteiger partial charge in [0.1, 0.15) is 27.8 Å². The fraction of sp³-hybridized carbons (Fsp3) is 0.174. The predicted molar refractivity (Wildman–Crippen MR) is 115 cm³/mol. The van der Waals surface area contributed by atoms with Crippen molar-refractivity contribution in [3.63, 3.8) is 0 Å². The Balaban J connectivity index is 2.24. The lowest BCUT2D eigenvalue weighted by atomic mass is 10.0. The Morgan fingerprint density at radius 3 is 2.36 bits per heavy atom. The monoisotopic (exact) mass is 474 g/mol.